The van der Waals surface area contributed by atoms with Crippen molar-refractivity contribution in [3.8, 4) is 0 Å². The molecule has 0 unspecified atom stereocenters. The highest BCUT2D eigenvalue weighted by molar-refractivity contribution is 6.08. The van der Waals surface area contributed by atoms with E-state index in [4.69, 9.17) is 4.74 Å². The zero-order valence-electron chi connectivity index (χ0n) is 16.1. The van der Waals surface area contributed by atoms with E-state index in [1.807, 2.05) is 24.6 Å². The van der Waals surface area contributed by atoms with Crippen LogP contribution in [-0.2, 0) is 4.74 Å². The number of carbonyl (C=O) groups is 2. The maximum absolute atomic E-state index is 12.8. The first kappa shape index (κ1) is 18.6. The minimum atomic E-state index is -0.471. The van der Waals surface area contributed by atoms with Gasteiger partial charge in [0.1, 0.15) is 5.69 Å². The molecule has 0 bridgehead atoms. The summed E-state index contributed by atoms with van der Waals surface area (Å²) < 4.78 is 6.85. The van der Waals surface area contributed by atoms with Crippen LogP contribution >= 0.6 is 0 Å². The standard InChI is InChI=1S/C19H23N5O3/c1-6-27-19(26)16-11(4)15(12(5)22-16)18(25)23-14-7-13-8-21-24(10(2)3)17(13)20-9-14/h7-10,22H,6H2,1-5H3,(H,23,25). The largest absolute Gasteiger partial charge is 0.461 e. The molecule has 0 saturated heterocycles. The minimum absolute atomic E-state index is 0.196. The van der Waals surface area contributed by atoms with Gasteiger partial charge in [0.2, 0.25) is 0 Å². The molecule has 3 rings (SSSR count). The van der Waals surface area contributed by atoms with Crippen molar-refractivity contribution < 1.29 is 14.3 Å². The Kier molecular flexibility index (Phi) is 4.98. The molecule has 2 N–H and O–H groups in total. The van der Waals surface area contributed by atoms with Crippen LogP contribution in [0.4, 0.5) is 5.69 Å². The Hall–Kier alpha value is -3.16. The van der Waals surface area contributed by atoms with Crippen molar-refractivity contribution in [3.63, 3.8) is 0 Å². The van der Waals surface area contributed by atoms with Gasteiger partial charge < -0.3 is 15.0 Å². The first-order valence-corrected chi connectivity index (χ1v) is 8.84. The van der Waals surface area contributed by atoms with Crippen molar-refractivity contribution in [1.29, 1.82) is 0 Å². The third-order valence-electron chi connectivity index (χ3n) is 4.32. The summed E-state index contributed by atoms with van der Waals surface area (Å²) in [7, 11) is 0. The van der Waals surface area contributed by atoms with Gasteiger partial charge in [-0.2, -0.15) is 5.10 Å². The van der Waals surface area contributed by atoms with E-state index >= 15 is 0 Å². The average molecular weight is 369 g/mol. The van der Waals surface area contributed by atoms with Gasteiger partial charge in [0.05, 0.1) is 30.3 Å². The third-order valence-corrected chi connectivity index (χ3v) is 4.32. The van der Waals surface area contributed by atoms with Crippen LogP contribution in [0.25, 0.3) is 11.0 Å². The molecule has 8 heteroatoms. The van der Waals surface area contributed by atoms with E-state index in [1.54, 1.807) is 33.2 Å². The van der Waals surface area contributed by atoms with Gasteiger partial charge >= 0.3 is 5.97 Å². The fraction of sp³-hybridized carbons (Fsp3) is 0.368. The molecule has 0 fully saturated rings. The van der Waals surface area contributed by atoms with Crippen LogP contribution in [0.15, 0.2) is 18.5 Å². The first-order valence-electron chi connectivity index (χ1n) is 8.84. The van der Waals surface area contributed by atoms with E-state index < -0.39 is 5.97 Å². The number of nitrogens with one attached hydrogen (secondary N) is 2. The molecule has 0 aliphatic carbocycles. The minimum Gasteiger partial charge on any atom is -0.461 e. The molecule has 0 aromatic carbocycles. The average Bonchev–Trinajstić information content (AvgIpc) is 3.15. The Morgan fingerprint density at radius 1 is 1.30 bits per heavy atom. The normalized spacial score (nSPS) is 11.2. The molecule has 0 spiro atoms. The van der Waals surface area contributed by atoms with E-state index in [-0.39, 0.29) is 18.6 Å². The number of hydrogen-bond donors (Lipinski definition) is 2. The number of aromatic nitrogens is 4. The van der Waals surface area contributed by atoms with Gasteiger partial charge in [0, 0.05) is 17.1 Å². The van der Waals surface area contributed by atoms with Crippen LogP contribution in [0.2, 0.25) is 0 Å². The van der Waals surface area contributed by atoms with E-state index in [0.29, 0.717) is 28.2 Å². The number of esters is 1. The number of aromatic amines is 1. The molecule has 27 heavy (non-hydrogen) atoms. The Morgan fingerprint density at radius 2 is 2.04 bits per heavy atom. The molecule has 0 saturated carbocycles. The number of hydrogen-bond acceptors (Lipinski definition) is 5. The van der Waals surface area contributed by atoms with Gasteiger partial charge in [0.15, 0.2) is 5.65 Å². The second kappa shape index (κ2) is 7.22. The van der Waals surface area contributed by atoms with E-state index in [0.717, 1.165) is 11.0 Å². The summed E-state index contributed by atoms with van der Waals surface area (Å²) in [5.41, 5.74) is 3.22. The van der Waals surface area contributed by atoms with Crippen molar-refractivity contribution in [2.45, 2.75) is 40.7 Å². The molecule has 0 radical (unpaired) electrons. The summed E-state index contributed by atoms with van der Waals surface area (Å²) in [6.07, 6.45) is 3.33. The monoisotopic (exact) mass is 369 g/mol. The van der Waals surface area contributed by atoms with Crippen molar-refractivity contribution in [3.05, 3.63) is 41.0 Å². The van der Waals surface area contributed by atoms with Crippen LogP contribution in [0, 0.1) is 13.8 Å². The predicted octanol–water partition coefficient (Wildman–Crippen LogP) is 3.39. The van der Waals surface area contributed by atoms with Gasteiger partial charge in [-0.1, -0.05) is 0 Å². The van der Waals surface area contributed by atoms with Crippen molar-refractivity contribution in [1.82, 2.24) is 19.7 Å². The van der Waals surface area contributed by atoms with Crippen LogP contribution in [0.3, 0.4) is 0 Å². The predicted molar refractivity (Wildman–Crippen MR) is 102 cm³/mol. The lowest BCUT2D eigenvalue weighted by Gasteiger charge is -2.08. The molecule has 8 nitrogen and oxygen atoms in total. The number of aryl methyl sites for hydroxylation is 1. The van der Waals surface area contributed by atoms with Gasteiger partial charge in [-0.3, -0.25) is 4.79 Å². The molecule has 0 aliphatic heterocycles. The van der Waals surface area contributed by atoms with Crippen molar-refractivity contribution in [2.24, 2.45) is 0 Å². The van der Waals surface area contributed by atoms with Crippen LogP contribution in [-0.4, -0.2) is 38.2 Å². The summed E-state index contributed by atoms with van der Waals surface area (Å²) in [6, 6.07) is 2.03. The molecule has 3 heterocycles. The zero-order chi connectivity index (χ0) is 19.7. The van der Waals surface area contributed by atoms with Crippen LogP contribution in [0.1, 0.15) is 58.9 Å². The third kappa shape index (κ3) is 3.42. The highest BCUT2D eigenvalue weighted by Crippen LogP contribution is 2.22. The molecule has 0 aliphatic rings. The fourth-order valence-corrected chi connectivity index (χ4v) is 3.08. The first-order chi connectivity index (χ1) is 12.8. The maximum atomic E-state index is 12.8. The Bertz CT molecular complexity index is 1020. The van der Waals surface area contributed by atoms with Crippen LogP contribution in [0.5, 0.6) is 0 Å². The Morgan fingerprint density at radius 3 is 2.70 bits per heavy atom. The fourth-order valence-electron chi connectivity index (χ4n) is 3.08. The molecule has 1 amide bonds. The zero-order valence-corrected chi connectivity index (χ0v) is 16.1. The summed E-state index contributed by atoms with van der Waals surface area (Å²) >= 11 is 0. The van der Waals surface area contributed by atoms with Gasteiger partial charge in [-0.25, -0.2) is 14.5 Å². The van der Waals surface area contributed by atoms with E-state index in [1.165, 1.54) is 0 Å². The molecule has 0 atom stereocenters. The number of H-pyrrole nitrogens is 1. The Labute approximate surface area is 156 Å². The van der Waals surface area contributed by atoms with Gasteiger partial charge in [-0.05, 0) is 46.2 Å². The summed E-state index contributed by atoms with van der Waals surface area (Å²) in [5, 5.41) is 8.01. The Balaban J connectivity index is 1.87. The lowest BCUT2D eigenvalue weighted by atomic mass is 10.1. The molecular formula is C19H23N5O3. The number of carbonyl (C=O) groups excluding carboxylic acids is 2. The van der Waals surface area contributed by atoms with Gasteiger partial charge in [-0.15, -0.1) is 0 Å². The van der Waals surface area contributed by atoms with Crippen molar-refractivity contribution in [2.75, 3.05) is 11.9 Å². The van der Waals surface area contributed by atoms with E-state index in [2.05, 4.69) is 20.4 Å². The summed E-state index contributed by atoms with van der Waals surface area (Å²) in [4.78, 5) is 32.1. The van der Waals surface area contributed by atoms with Crippen molar-refractivity contribution >= 4 is 28.6 Å². The number of rotatable bonds is 5. The topological polar surface area (TPSA) is 102 Å². The summed E-state index contributed by atoms with van der Waals surface area (Å²) in [6.45, 7) is 9.54. The molecule has 3 aromatic heterocycles. The maximum Gasteiger partial charge on any atom is 0.355 e. The quantitative estimate of drug-likeness (QED) is 0.671. The SMILES string of the molecule is CCOC(=O)c1[nH]c(C)c(C(=O)Nc2cnc3c(cnn3C(C)C)c2)c1C. The number of amides is 1. The number of pyridine rings is 1. The van der Waals surface area contributed by atoms with E-state index in [9.17, 15) is 9.59 Å². The number of fused-ring (bicyclic) bond motifs is 1. The molecule has 3 aromatic rings. The lowest BCUT2D eigenvalue weighted by molar-refractivity contribution is 0.0519. The second-order valence-electron chi connectivity index (χ2n) is 6.62. The number of nitrogens with zero attached hydrogens (tertiary/aromatic N) is 3. The highest BCUT2D eigenvalue weighted by atomic mass is 16.5. The van der Waals surface area contributed by atoms with Gasteiger partial charge in [0.25, 0.3) is 5.91 Å². The van der Waals surface area contributed by atoms with Crippen LogP contribution < -0.4 is 5.32 Å². The lowest BCUT2D eigenvalue weighted by Crippen LogP contribution is -2.14. The molecule has 142 valence electrons. The summed E-state index contributed by atoms with van der Waals surface area (Å²) in [5.74, 6) is -0.782. The number of anilines is 1. The highest BCUT2D eigenvalue weighted by Gasteiger charge is 2.23. The smallest absolute Gasteiger partial charge is 0.355 e. The molecular weight excluding hydrogens is 346 g/mol. The second-order valence-corrected chi connectivity index (χ2v) is 6.62. The number of ether oxygens (including phenoxy) is 1.